The van der Waals surface area contributed by atoms with Crippen molar-refractivity contribution >= 4 is 34.7 Å². The van der Waals surface area contributed by atoms with Gasteiger partial charge in [-0.2, -0.15) is 0 Å². The maximum absolute atomic E-state index is 12.0. The van der Waals surface area contributed by atoms with Gasteiger partial charge >= 0.3 is 0 Å². The Balaban J connectivity index is 2.13. The van der Waals surface area contributed by atoms with E-state index in [1.54, 1.807) is 24.3 Å². The highest BCUT2D eigenvalue weighted by Crippen LogP contribution is 2.29. The maximum atomic E-state index is 12.0. The second kappa shape index (κ2) is 6.56. The number of nitro groups is 1. The minimum absolute atomic E-state index is 0.0753. The molecule has 0 heterocycles. The molecule has 2 rings (SSSR count). The minimum Gasteiger partial charge on any atom is -0.484 e. The number of benzene rings is 2. The zero-order valence-electron chi connectivity index (χ0n) is 10.6. The van der Waals surface area contributed by atoms with Gasteiger partial charge in [-0.25, -0.2) is 0 Å². The fourth-order valence-electron chi connectivity index (χ4n) is 1.62. The molecule has 5 nitrogen and oxygen atoms in total. The Labute approximate surface area is 130 Å². The fraction of sp³-hybridized carbons (Fsp3) is 0.0714. The average molecular weight is 326 g/mol. The van der Waals surface area contributed by atoms with E-state index in [2.05, 4.69) is 0 Å². The van der Waals surface area contributed by atoms with Crippen molar-refractivity contribution in [3.63, 3.8) is 0 Å². The molecular weight excluding hydrogens is 317 g/mol. The smallest absolute Gasteiger partial charge is 0.273 e. The molecule has 0 unspecified atom stereocenters. The van der Waals surface area contributed by atoms with Crippen molar-refractivity contribution < 1.29 is 14.5 Å². The number of hydrogen-bond acceptors (Lipinski definition) is 4. The van der Waals surface area contributed by atoms with Crippen molar-refractivity contribution in [3.05, 3.63) is 68.2 Å². The average Bonchev–Trinajstić information content (AvgIpc) is 2.46. The predicted octanol–water partition coefficient (Wildman–Crippen LogP) is 4.16. The maximum Gasteiger partial charge on any atom is 0.273 e. The van der Waals surface area contributed by atoms with Crippen LogP contribution in [0.25, 0.3) is 0 Å². The SMILES string of the molecule is O=C(COc1cc([N+](=O)[O-])ccc1Cl)c1ccccc1Cl. The third kappa shape index (κ3) is 3.71. The molecule has 2 aromatic rings. The molecule has 0 amide bonds. The zero-order valence-corrected chi connectivity index (χ0v) is 12.1. The standard InChI is InChI=1S/C14H9Cl2NO4/c15-11-4-2-1-3-10(11)13(18)8-21-14-7-9(17(19)20)5-6-12(14)16/h1-7H,8H2. The molecule has 0 N–H and O–H groups in total. The topological polar surface area (TPSA) is 69.4 Å². The summed E-state index contributed by atoms with van der Waals surface area (Å²) >= 11 is 11.8. The normalized spacial score (nSPS) is 10.2. The van der Waals surface area contributed by atoms with Crippen LogP contribution >= 0.6 is 23.2 Å². The number of halogens is 2. The van der Waals surface area contributed by atoms with E-state index in [1.165, 1.54) is 18.2 Å². The molecule has 0 bridgehead atoms. The van der Waals surface area contributed by atoms with Crippen LogP contribution in [-0.2, 0) is 0 Å². The molecule has 0 fully saturated rings. The molecule has 0 spiro atoms. The molecule has 0 aliphatic heterocycles. The Kier molecular flexibility index (Phi) is 4.77. The number of nitro benzene ring substituents is 1. The van der Waals surface area contributed by atoms with E-state index in [9.17, 15) is 14.9 Å². The first-order chi connectivity index (χ1) is 9.99. The van der Waals surface area contributed by atoms with E-state index in [0.717, 1.165) is 0 Å². The third-order valence-corrected chi connectivity index (χ3v) is 3.30. The summed E-state index contributed by atoms with van der Waals surface area (Å²) in [5, 5.41) is 11.2. The fourth-order valence-corrected chi connectivity index (χ4v) is 2.04. The summed E-state index contributed by atoms with van der Waals surface area (Å²) in [5.74, 6) is -0.269. The van der Waals surface area contributed by atoms with Crippen LogP contribution in [0.2, 0.25) is 10.0 Å². The van der Waals surface area contributed by atoms with Crippen LogP contribution in [0.1, 0.15) is 10.4 Å². The van der Waals surface area contributed by atoms with Gasteiger partial charge in [0.25, 0.3) is 5.69 Å². The number of ether oxygens (including phenoxy) is 1. The first-order valence-corrected chi connectivity index (χ1v) is 6.59. The van der Waals surface area contributed by atoms with Crippen LogP contribution in [-0.4, -0.2) is 17.3 Å². The molecule has 0 saturated heterocycles. The summed E-state index contributed by atoms with van der Waals surface area (Å²) in [4.78, 5) is 22.1. The number of Topliss-reactive ketones (excluding diaryl/α,β-unsaturated/α-hetero) is 1. The number of carbonyl (C=O) groups excluding carboxylic acids is 1. The quantitative estimate of drug-likeness (QED) is 0.470. The minimum atomic E-state index is -0.570. The highest BCUT2D eigenvalue weighted by molar-refractivity contribution is 6.34. The number of rotatable bonds is 5. The van der Waals surface area contributed by atoms with E-state index in [0.29, 0.717) is 10.6 Å². The molecule has 0 saturated carbocycles. The van der Waals surface area contributed by atoms with E-state index in [1.807, 2.05) is 0 Å². The van der Waals surface area contributed by atoms with Gasteiger partial charge in [0.1, 0.15) is 5.75 Å². The van der Waals surface area contributed by atoms with Crippen molar-refractivity contribution in [1.29, 1.82) is 0 Å². The molecule has 21 heavy (non-hydrogen) atoms. The van der Waals surface area contributed by atoms with Crippen LogP contribution in [0.15, 0.2) is 42.5 Å². The third-order valence-electron chi connectivity index (χ3n) is 2.66. The van der Waals surface area contributed by atoms with Gasteiger partial charge in [0.05, 0.1) is 21.0 Å². The summed E-state index contributed by atoms with van der Waals surface area (Å²) in [6.07, 6.45) is 0. The molecule has 0 radical (unpaired) electrons. The van der Waals surface area contributed by atoms with Crippen molar-refractivity contribution in [1.82, 2.24) is 0 Å². The molecule has 0 aliphatic rings. The van der Waals surface area contributed by atoms with Gasteiger partial charge in [-0.3, -0.25) is 14.9 Å². The monoisotopic (exact) mass is 325 g/mol. The number of nitrogens with zero attached hydrogens (tertiary/aromatic N) is 1. The van der Waals surface area contributed by atoms with E-state index >= 15 is 0 Å². The van der Waals surface area contributed by atoms with Gasteiger partial charge < -0.3 is 4.74 Å². The lowest BCUT2D eigenvalue weighted by molar-refractivity contribution is -0.384. The van der Waals surface area contributed by atoms with Gasteiger partial charge in [0.15, 0.2) is 6.61 Å². The molecule has 0 aliphatic carbocycles. The molecule has 108 valence electrons. The zero-order chi connectivity index (χ0) is 15.4. The molecule has 0 aromatic heterocycles. The molecular formula is C14H9Cl2NO4. The van der Waals surface area contributed by atoms with E-state index < -0.39 is 4.92 Å². The highest BCUT2D eigenvalue weighted by Gasteiger charge is 2.14. The molecule has 2 aromatic carbocycles. The Bertz CT molecular complexity index is 703. The summed E-state index contributed by atoms with van der Waals surface area (Å²) in [6, 6.07) is 10.3. The Hall–Kier alpha value is -2.11. The number of non-ortho nitro benzene ring substituents is 1. The Morgan fingerprint density at radius 3 is 2.52 bits per heavy atom. The largest absolute Gasteiger partial charge is 0.484 e. The van der Waals surface area contributed by atoms with Gasteiger partial charge in [0.2, 0.25) is 5.78 Å². The summed E-state index contributed by atoms with van der Waals surface area (Å²) in [7, 11) is 0. The van der Waals surface area contributed by atoms with Crippen molar-refractivity contribution in [2.75, 3.05) is 6.61 Å². The van der Waals surface area contributed by atoms with E-state index in [-0.39, 0.29) is 28.8 Å². The lowest BCUT2D eigenvalue weighted by atomic mass is 10.1. The highest BCUT2D eigenvalue weighted by atomic mass is 35.5. The van der Waals surface area contributed by atoms with Crippen molar-refractivity contribution in [2.24, 2.45) is 0 Å². The van der Waals surface area contributed by atoms with Crippen LogP contribution in [0.5, 0.6) is 5.75 Å². The molecule has 0 atom stereocenters. The molecule has 7 heteroatoms. The van der Waals surface area contributed by atoms with Gasteiger partial charge in [-0.1, -0.05) is 35.3 Å². The summed E-state index contributed by atoms with van der Waals surface area (Å²) in [6.45, 7) is -0.315. The lowest BCUT2D eigenvalue weighted by Crippen LogP contribution is -2.12. The van der Waals surface area contributed by atoms with Crippen LogP contribution < -0.4 is 4.74 Å². The van der Waals surface area contributed by atoms with Crippen molar-refractivity contribution in [2.45, 2.75) is 0 Å². The van der Waals surface area contributed by atoms with Crippen LogP contribution in [0.3, 0.4) is 0 Å². The Morgan fingerprint density at radius 2 is 1.86 bits per heavy atom. The first-order valence-electron chi connectivity index (χ1n) is 5.83. The number of ketones is 1. The van der Waals surface area contributed by atoms with Gasteiger partial charge in [-0.15, -0.1) is 0 Å². The predicted molar refractivity (Wildman–Crippen MR) is 79.4 cm³/mol. The number of hydrogen-bond donors (Lipinski definition) is 0. The second-order valence-corrected chi connectivity index (χ2v) is 4.88. The van der Waals surface area contributed by atoms with Crippen LogP contribution in [0, 0.1) is 10.1 Å². The first kappa shape index (κ1) is 15.3. The van der Waals surface area contributed by atoms with Gasteiger partial charge in [0, 0.05) is 11.6 Å². The number of carbonyl (C=O) groups is 1. The Morgan fingerprint density at radius 1 is 1.14 bits per heavy atom. The summed E-state index contributed by atoms with van der Waals surface area (Å²) < 4.78 is 5.25. The van der Waals surface area contributed by atoms with E-state index in [4.69, 9.17) is 27.9 Å². The van der Waals surface area contributed by atoms with Crippen LogP contribution in [0.4, 0.5) is 5.69 Å². The van der Waals surface area contributed by atoms with Gasteiger partial charge in [-0.05, 0) is 18.2 Å². The summed E-state index contributed by atoms with van der Waals surface area (Å²) in [5.41, 5.74) is 0.153. The van der Waals surface area contributed by atoms with Crippen molar-refractivity contribution in [3.8, 4) is 5.75 Å². The second-order valence-electron chi connectivity index (χ2n) is 4.06. The lowest BCUT2D eigenvalue weighted by Gasteiger charge is -2.08.